The number of nitrogens with zero attached hydrogens (tertiary/aromatic N) is 1. The molecule has 0 amide bonds. The molecule has 0 aliphatic rings. The van der Waals surface area contributed by atoms with Crippen LogP contribution in [0.2, 0.25) is 0 Å². The Hall–Kier alpha value is -0.590. The highest BCUT2D eigenvalue weighted by atomic mass is 16.5. The van der Waals surface area contributed by atoms with Gasteiger partial charge in [0.05, 0.1) is 12.2 Å². The molecule has 0 radical (unpaired) electrons. The average Bonchev–Trinajstić information content (AvgIpc) is 1.84. The molecule has 0 bridgehead atoms. The quantitative estimate of drug-likeness (QED) is 0.511. The van der Waals surface area contributed by atoms with Crippen LogP contribution in [-0.4, -0.2) is 24.4 Å². The largest absolute Gasteiger partial charge is 0.378 e. The molecule has 0 saturated carbocycles. The second-order valence-electron chi connectivity index (χ2n) is 1.51. The first-order valence-corrected chi connectivity index (χ1v) is 2.33. The summed E-state index contributed by atoms with van der Waals surface area (Å²) in [6.45, 7) is 1.63. The Morgan fingerprint density at radius 3 is 2.38 bits per heavy atom. The summed E-state index contributed by atoms with van der Waals surface area (Å²) in [5.74, 6) is 0. The van der Waals surface area contributed by atoms with Crippen LogP contribution >= 0.6 is 0 Å². The fourth-order valence-electron chi connectivity index (χ4n) is 0.234. The molecule has 0 aromatic rings. The van der Waals surface area contributed by atoms with Gasteiger partial charge in [-0.3, -0.25) is 0 Å². The molecule has 2 atom stereocenters. The maximum absolute atomic E-state index is 8.64. The summed E-state index contributed by atoms with van der Waals surface area (Å²) in [6, 6.07) is 1.65. The highest BCUT2D eigenvalue weighted by Crippen LogP contribution is 1.93. The number of nitriles is 1. The first-order valence-electron chi connectivity index (χ1n) is 2.33. The standard InChI is InChI=1S/C5H9NO2/c1-4(8-2)5(7)3-6/h4-5,7H,1-2H3/t4-,5+/m1/s1. The molecule has 0 aromatic heterocycles. The summed E-state index contributed by atoms with van der Waals surface area (Å²) >= 11 is 0. The van der Waals surface area contributed by atoms with E-state index in [4.69, 9.17) is 10.4 Å². The monoisotopic (exact) mass is 115 g/mol. The summed E-state index contributed by atoms with van der Waals surface area (Å²) in [6.07, 6.45) is -1.39. The van der Waals surface area contributed by atoms with Gasteiger partial charge in [0.2, 0.25) is 0 Å². The first kappa shape index (κ1) is 7.41. The number of aliphatic hydroxyl groups excluding tert-OH is 1. The summed E-state index contributed by atoms with van der Waals surface area (Å²) in [4.78, 5) is 0. The van der Waals surface area contributed by atoms with E-state index < -0.39 is 6.10 Å². The third-order valence-electron chi connectivity index (χ3n) is 0.949. The number of hydrogen-bond donors (Lipinski definition) is 1. The summed E-state index contributed by atoms with van der Waals surface area (Å²) < 4.78 is 4.63. The molecule has 0 heterocycles. The normalized spacial score (nSPS) is 16.8. The average molecular weight is 115 g/mol. The zero-order valence-electron chi connectivity index (χ0n) is 4.96. The van der Waals surface area contributed by atoms with Crippen molar-refractivity contribution in [2.75, 3.05) is 7.11 Å². The van der Waals surface area contributed by atoms with E-state index in [1.165, 1.54) is 7.11 Å². The third-order valence-corrected chi connectivity index (χ3v) is 0.949. The number of ether oxygens (including phenoxy) is 1. The van der Waals surface area contributed by atoms with Crippen molar-refractivity contribution in [3.8, 4) is 6.07 Å². The Labute approximate surface area is 48.5 Å². The van der Waals surface area contributed by atoms with Gasteiger partial charge >= 0.3 is 0 Å². The fraction of sp³-hybridized carbons (Fsp3) is 0.800. The van der Waals surface area contributed by atoms with Gasteiger partial charge in [-0.05, 0) is 6.92 Å². The number of methoxy groups -OCH3 is 1. The molecule has 0 aromatic carbocycles. The van der Waals surface area contributed by atoms with Gasteiger partial charge in [0.15, 0.2) is 6.10 Å². The molecule has 0 rings (SSSR count). The Kier molecular flexibility index (Phi) is 3.16. The van der Waals surface area contributed by atoms with Gasteiger partial charge in [-0.2, -0.15) is 5.26 Å². The van der Waals surface area contributed by atoms with Crippen LogP contribution in [0.3, 0.4) is 0 Å². The molecule has 0 unspecified atom stereocenters. The van der Waals surface area contributed by atoms with Crippen LogP contribution in [0.25, 0.3) is 0 Å². The van der Waals surface area contributed by atoms with Crippen LogP contribution in [-0.2, 0) is 4.74 Å². The van der Waals surface area contributed by atoms with Gasteiger partial charge in [0.1, 0.15) is 0 Å². The maximum Gasteiger partial charge on any atom is 0.166 e. The number of rotatable bonds is 2. The van der Waals surface area contributed by atoms with Crippen molar-refractivity contribution >= 4 is 0 Å². The van der Waals surface area contributed by atoms with E-state index in [2.05, 4.69) is 4.74 Å². The lowest BCUT2D eigenvalue weighted by Gasteiger charge is -2.08. The lowest BCUT2D eigenvalue weighted by Crippen LogP contribution is -2.22. The molecule has 8 heavy (non-hydrogen) atoms. The molecule has 0 fully saturated rings. The maximum atomic E-state index is 8.64. The minimum atomic E-state index is -1.00. The SMILES string of the molecule is CO[C@H](C)[C@@H](O)C#N. The van der Waals surface area contributed by atoms with Gasteiger partial charge in [0, 0.05) is 7.11 Å². The molecule has 3 heteroatoms. The predicted molar refractivity (Wildman–Crippen MR) is 28.1 cm³/mol. The smallest absolute Gasteiger partial charge is 0.166 e. The van der Waals surface area contributed by atoms with E-state index >= 15 is 0 Å². The molecule has 3 nitrogen and oxygen atoms in total. The minimum absolute atomic E-state index is 0.389. The number of aliphatic hydroxyl groups is 1. The highest BCUT2D eigenvalue weighted by Gasteiger charge is 2.09. The zero-order valence-corrected chi connectivity index (χ0v) is 4.96. The van der Waals surface area contributed by atoms with Crippen molar-refractivity contribution < 1.29 is 9.84 Å². The number of hydrogen-bond acceptors (Lipinski definition) is 3. The lowest BCUT2D eigenvalue weighted by atomic mass is 10.2. The van der Waals surface area contributed by atoms with Crippen LogP contribution in [0.1, 0.15) is 6.92 Å². The van der Waals surface area contributed by atoms with Gasteiger partial charge in [-0.1, -0.05) is 0 Å². The zero-order chi connectivity index (χ0) is 6.57. The molecular weight excluding hydrogens is 106 g/mol. The molecule has 0 spiro atoms. The fourth-order valence-corrected chi connectivity index (χ4v) is 0.234. The van der Waals surface area contributed by atoms with Crippen molar-refractivity contribution in [2.45, 2.75) is 19.1 Å². The summed E-state index contributed by atoms with van der Waals surface area (Å²) in [5.41, 5.74) is 0. The predicted octanol–water partition coefficient (Wildman–Crippen LogP) is -0.0942. The lowest BCUT2D eigenvalue weighted by molar-refractivity contribution is 0.0282. The van der Waals surface area contributed by atoms with Crippen LogP contribution in [0.4, 0.5) is 0 Å². The van der Waals surface area contributed by atoms with Crippen LogP contribution < -0.4 is 0 Å². The van der Waals surface area contributed by atoms with Crippen molar-refractivity contribution in [3.05, 3.63) is 0 Å². The van der Waals surface area contributed by atoms with Gasteiger partial charge in [-0.15, -0.1) is 0 Å². The second kappa shape index (κ2) is 3.42. The van der Waals surface area contributed by atoms with E-state index in [1.807, 2.05) is 0 Å². The minimum Gasteiger partial charge on any atom is -0.378 e. The van der Waals surface area contributed by atoms with E-state index in [1.54, 1.807) is 13.0 Å². The second-order valence-corrected chi connectivity index (χ2v) is 1.51. The van der Waals surface area contributed by atoms with E-state index in [-0.39, 0.29) is 6.10 Å². The van der Waals surface area contributed by atoms with Gasteiger partial charge in [0.25, 0.3) is 0 Å². The van der Waals surface area contributed by atoms with Gasteiger partial charge in [-0.25, -0.2) is 0 Å². The molecule has 1 N–H and O–H groups in total. The highest BCUT2D eigenvalue weighted by molar-refractivity contribution is 4.86. The van der Waals surface area contributed by atoms with Crippen LogP contribution in [0.5, 0.6) is 0 Å². The molecule has 46 valence electrons. The van der Waals surface area contributed by atoms with Gasteiger partial charge < -0.3 is 9.84 Å². The van der Waals surface area contributed by atoms with E-state index in [0.717, 1.165) is 0 Å². The van der Waals surface area contributed by atoms with Crippen LogP contribution in [0, 0.1) is 11.3 Å². The molecule has 0 aliphatic heterocycles. The Balaban J connectivity index is 3.49. The Morgan fingerprint density at radius 2 is 2.25 bits per heavy atom. The Morgan fingerprint density at radius 1 is 1.75 bits per heavy atom. The molecule has 0 aliphatic carbocycles. The first-order chi connectivity index (χ1) is 3.72. The van der Waals surface area contributed by atoms with E-state index in [9.17, 15) is 0 Å². The van der Waals surface area contributed by atoms with Crippen molar-refractivity contribution in [2.24, 2.45) is 0 Å². The summed E-state index contributed by atoms with van der Waals surface area (Å²) in [5, 5.41) is 16.7. The van der Waals surface area contributed by atoms with Crippen LogP contribution in [0.15, 0.2) is 0 Å². The summed E-state index contributed by atoms with van der Waals surface area (Å²) in [7, 11) is 1.45. The third kappa shape index (κ3) is 1.92. The van der Waals surface area contributed by atoms with Crippen molar-refractivity contribution in [3.63, 3.8) is 0 Å². The van der Waals surface area contributed by atoms with Crippen molar-refractivity contribution in [1.82, 2.24) is 0 Å². The van der Waals surface area contributed by atoms with E-state index in [0.29, 0.717) is 0 Å². The molecular formula is C5H9NO2. The topological polar surface area (TPSA) is 53.2 Å². The Bertz CT molecular complexity index is 97.1. The van der Waals surface area contributed by atoms with Crippen molar-refractivity contribution in [1.29, 1.82) is 5.26 Å². The molecule has 0 saturated heterocycles.